The molecule has 6 rings (SSSR count). The topological polar surface area (TPSA) is 117 Å². The number of imide groups is 2. The fourth-order valence-electron chi connectivity index (χ4n) is 5.53. The summed E-state index contributed by atoms with van der Waals surface area (Å²) < 4.78 is 10.5. The average Bonchev–Trinajstić information content (AvgIpc) is 3.37. The summed E-state index contributed by atoms with van der Waals surface area (Å²) in [4.78, 5) is 54.5. The maximum atomic E-state index is 13.3. The molecule has 3 aromatic carbocycles. The van der Waals surface area contributed by atoms with E-state index in [9.17, 15) is 19.2 Å². The number of alkyl carbamates (subject to hydrolysis) is 2. The van der Waals surface area contributed by atoms with E-state index in [0.717, 1.165) is 16.7 Å². The van der Waals surface area contributed by atoms with E-state index in [1.165, 1.54) is 26.5 Å². The van der Waals surface area contributed by atoms with Gasteiger partial charge in [0, 0.05) is 17.4 Å². The van der Waals surface area contributed by atoms with E-state index in [0.29, 0.717) is 28.6 Å². The van der Waals surface area contributed by atoms with Crippen LogP contribution in [0.4, 0.5) is 36.2 Å². The number of rotatable bonds is 7. The summed E-state index contributed by atoms with van der Waals surface area (Å²) >= 11 is 0. The molecular formula is C36H32N4O6S2. The van der Waals surface area contributed by atoms with Gasteiger partial charge in [0.15, 0.2) is 0 Å². The zero-order valence-electron chi connectivity index (χ0n) is 25.7. The highest BCUT2D eigenvalue weighted by atomic mass is 33.1. The number of hydrogen-bond acceptors (Lipinski definition) is 8. The second-order valence-electron chi connectivity index (χ2n) is 10.7. The second-order valence-corrected chi connectivity index (χ2v) is 13.4. The lowest BCUT2D eigenvalue weighted by atomic mass is 9.94. The van der Waals surface area contributed by atoms with Gasteiger partial charge < -0.3 is 9.47 Å². The zero-order valence-corrected chi connectivity index (χ0v) is 27.3. The van der Waals surface area contributed by atoms with Crippen LogP contribution in [0.2, 0.25) is 0 Å². The van der Waals surface area contributed by atoms with Crippen LogP contribution in [0.3, 0.4) is 0 Å². The maximum absolute atomic E-state index is 13.3. The minimum atomic E-state index is -0.851. The number of para-hydroxylation sites is 3. The maximum Gasteiger partial charge on any atom is 0.415 e. The normalized spacial score (nSPS) is 16.8. The molecule has 2 heterocycles. The van der Waals surface area contributed by atoms with Crippen LogP contribution in [0, 0.1) is 5.92 Å². The molecule has 2 aliphatic heterocycles. The number of carbonyl (C=O) groups excluding carboxylic acids is 4. The largest absolute Gasteiger partial charge is 0.448 e. The molecule has 0 aromatic heterocycles. The molecule has 0 saturated carbocycles. The van der Waals surface area contributed by atoms with E-state index in [1.54, 1.807) is 4.90 Å². The lowest BCUT2D eigenvalue weighted by Gasteiger charge is -2.33. The number of fused-ring (bicyclic) bond motifs is 4. The minimum Gasteiger partial charge on any atom is -0.448 e. The van der Waals surface area contributed by atoms with Crippen LogP contribution >= 0.6 is 21.6 Å². The molecule has 0 saturated heterocycles. The first-order valence-electron chi connectivity index (χ1n) is 15.3. The monoisotopic (exact) mass is 680 g/mol. The molecule has 0 bridgehead atoms. The van der Waals surface area contributed by atoms with Crippen molar-refractivity contribution in [1.82, 2.24) is 10.6 Å². The van der Waals surface area contributed by atoms with Crippen LogP contribution < -0.4 is 20.4 Å². The van der Waals surface area contributed by atoms with Crippen LogP contribution in [0.5, 0.6) is 0 Å². The molecule has 2 unspecified atom stereocenters. The Morgan fingerprint density at radius 1 is 0.604 bits per heavy atom. The van der Waals surface area contributed by atoms with Gasteiger partial charge in [-0.15, -0.1) is 0 Å². The van der Waals surface area contributed by atoms with E-state index in [-0.39, 0.29) is 25.2 Å². The number of benzene rings is 3. The van der Waals surface area contributed by atoms with Crippen molar-refractivity contribution in [2.75, 3.05) is 34.5 Å². The summed E-state index contributed by atoms with van der Waals surface area (Å²) in [6.45, 7) is 0.145. The van der Waals surface area contributed by atoms with Gasteiger partial charge >= 0.3 is 24.2 Å². The molecule has 2 N–H and O–H groups in total. The van der Waals surface area contributed by atoms with Gasteiger partial charge in [-0.2, -0.15) is 0 Å². The third-order valence-electron chi connectivity index (χ3n) is 7.66. The van der Waals surface area contributed by atoms with Crippen LogP contribution in [0.25, 0.3) is 18.2 Å². The Morgan fingerprint density at radius 3 is 1.71 bits per heavy atom. The van der Waals surface area contributed by atoms with Gasteiger partial charge in [0.1, 0.15) is 13.2 Å². The lowest BCUT2D eigenvalue weighted by Crippen LogP contribution is -2.50. The molecule has 244 valence electrons. The van der Waals surface area contributed by atoms with Crippen LogP contribution in [-0.4, -0.2) is 55.0 Å². The highest BCUT2D eigenvalue weighted by Crippen LogP contribution is 2.36. The van der Waals surface area contributed by atoms with Crippen molar-refractivity contribution in [1.29, 1.82) is 0 Å². The Kier molecular flexibility index (Phi) is 10.6. The number of nitrogens with zero attached hydrogens (tertiary/aromatic N) is 2. The lowest BCUT2D eigenvalue weighted by molar-refractivity contribution is 0.153. The van der Waals surface area contributed by atoms with Gasteiger partial charge in [0.2, 0.25) is 0 Å². The van der Waals surface area contributed by atoms with E-state index in [4.69, 9.17) is 9.47 Å². The first-order valence-corrected chi connectivity index (χ1v) is 17.8. The van der Waals surface area contributed by atoms with Crippen molar-refractivity contribution in [3.05, 3.63) is 120 Å². The Hall–Kier alpha value is -5.20. The summed E-state index contributed by atoms with van der Waals surface area (Å²) in [6, 6.07) is 20.9. The van der Waals surface area contributed by atoms with Crippen molar-refractivity contribution in [2.24, 2.45) is 5.92 Å². The van der Waals surface area contributed by atoms with Crippen LogP contribution in [-0.2, 0) is 9.47 Å². The first-order chi connectivity index (χ1) is 23.5. The molecule has 3 aromatic rings. The standard InChI is InChI=1S/C36H32N4O6S2/c41-33(39-29-13-5-1-9-25(29)17-18-26-10-2-6-14-30(26)39)37-35(43)45-21-23-47-48-24-22-46-36(44)38-34(42)40-31-15-7-3-11-27(31)19-20-28-12-4-8-16-32(28)40/h1-20,25,29H,21-24H2,(H,37,41,43)(H,38,42,44). The second kappa shape index (κ2) is 15.6. The highest BCUT2D eigenvalue weighted by Gasteiger charge is 2.33. The van der Waals surface area contributed by atoms with Gasteiger partial charge in [-0.3, -0.25) is 9.80 Å². The number of anilines is 3. The first kappa shape index (κ1) is 32.7. The van der Waals surface area contributed by atoms with Crippen LogP contribution in [0.1, 0.15) is 16.7 Å². The molecule has 10 nitrogen and oxygen atoms in total. The number of urea groups is 2. The van der Waals surface area contributed by atoms with E-state index < -0.39 is 24.2 Å². The smallest absolute Gasteiger partial charge is 0.415 e. The van der Waals surface area contributed by atoms with Gasteiger partial charge in [0.05, 0.1) is 23.1 Å². The molecule has 6 amide bonds. The Labute approximate surface area is 285 Å². The average molecular weight is 681 g/mol. The fourth-order valence-corrected chi connectivity index (χ4v) is 7.18. The van der Waals surface area contributed by atoms with Gasteiger partial charge in [-0.05, 0) is 34.9 Å². The quantitative estimate of drug-likeness (QED) is 0.190. The van der Waals surface area contributed by atoms with E-state index in [1.807, 2.05) is 121 Å². The molecule has 2 atom stereocenters. The summed E-state index contributed by atoms with van der Waals surface area (Å²) in [5.74, 6) is 0.872. The number of nitrogens with one attached hydrogen (secondary N) is 2. The predicted molar refractivity (Wildman–Crippen MR) is 192 cm³/mol. The van der Waals surface area contributed by atoms with E-state index >= 15 is 0 Å². The highest BCUT2D eigenvalue weighted by molar-refractivity contribution is 8.76. The zero-order chi connectivity index (χ0) is 33.3. The Morgan fingerprint density at radius 2 is 1.10 bits per heavy atom. The van der Waals surface area contributed by atoms with Gasteiger partial charge in [0.25, 0.3) is 0 Å². The number of amides is 6. The molecule has 0 radical (unpaired) electrons. The molecule has 0 fully saturated rings. The molecule has 1 aliphatic carbocycles. The molecule has 12 heteroatoms. The number of allylic oxidation sites excluding steroid dienone is 2. The van der Waals surface area contributed by atoms with Crippen molar-refractivity contribution in [3.8, 4) is 0 Å². The molecule has 3 aliphatic rings. The third kappa shape index (κ3) is 7.67. The number of carbonyl (C=O) groups is 4. The fraction of sp³-hybridized carbons (Fsp3) is 0.167. The summed E-state index contributed by atoms with van der Waals surface area (Å²) in [5.41, 5.74) is 4.56. The SMILES string of the molecule is O=C(NC(=O)N1c2ccccc2C=Cc2ccccc21)OCCSSCCOC(=O)NC(=O)N1c2ccccc2C=CC2C=CC=CC21. The number of hydrogen-bond donors (Lipinski definition) is 2. The molecule has 48 heavy (non-hydrogen) atoms. The Balaban J connectivity index is 0.901. The molecular weight excluding hydrogens is 649 g/mol. The summed E-state index contributed by atoms with van der Waals surface area (Å²) in [7, 11) is 2.85. The van der Waals surface area contributed by atoms with Crippen molar-refractivity contribution in [3.63, 3.8) is 0 Å². The van der Waals surface area contributed by atoms with Crippen molar-refractivity contribution < 1.29 is 28.7 Å². The summed E-state index contributed by atoms with van der Waals surface area (Å²) in [5, 5.41) is 4.68. The summed E-state index contributed by atoms with van der Waals surface area (Å²) in [6.07, 6.45) is 14.0. The Bertz CT molecular complexity index is 1770. The predicted octanol–water partition coefficient (Wildman–Crippen LogP) is 8.03. The third-order valence-corrected chi connectivity index (χ3v) is 9.99. The molecule has 0 spiro atoms. The van der Waals surface area contributed by atoms with Crippen molar-refractivity contribution in [2.45, 2.75) is 6.04 Å². The van der Waals surface area contributed by atoms with Crippen LogP contribution in [0.15, 0.2) is 103 Å². The van der Waals surface area contributed by atoms with Crippen molar-refractivity contribution >= 4 is 81.1 Å². The van der Waals surface area contributed by atoms with Gasteiger partial charge in [-0.1, -0.05) is 125 Å². The number of ether oxygens (including phenoxy) is 2. The minimum absolute atomic E-state index is 0.0278. The van der Waals surface area contributed by atoms with E-state index in [2.05, 4.69) is 10.6 Å². The van der Waals surface area contributed by atoms with Gasteiger partial charge in [-0.25, -0.2) is 29.8 Å².